The highest BCUT2D eigenvalue weighted by Gasteiger charge is 2.26. The third-order valence-corrected chi connectivity index (χ3v) is 3.18. The molecule has 1 aromatic rings. The fraction of sp³-hybridized carbons (Fsp3) is 0.385. The number of carboxylic acid groups (broad SMARTS) is 1. The zero-order valence-electron chi connectivity index (χ0n) is 9.93. The Hall–Kier alpha value is -1.88. The smallest absolute Gasteiger partial charge is 0.305 e. The minimum Gasteiger partial charge on any atom is -0.481 e. The third kappa shape index (κ3) is 2.68. The Morgan fingerprint density at radius 1 is 1.44 bits per heavy atom. The van der Waals surface area contributed by atoms with Gasteiger partial charge in [-0.1, -0.05) is 24.3 Å². The van der Waals surface area contributed by atoms with Gasteiger partial charge in [0.15, 0.2) is 0 Å². The summed E-state index contributed by atoms with van der Waals surface area (Å²) in [6, 6.07) is 6.89. The summed E-state index contributed by atoms with van der Waals surface area (Å²) in [5.41, 5.74) is 7.86. The highest BCUT2D eigenvalue weighted by molar-refractivity contribution is 5.86. The molecule has 1 aliphatic rings. The van der Waals surface area contributed by atoms with E-state index in [1.165, 1.54) is 5.56 Å². The zero-order chi connectivity index (χ0) is 13.1. The lowest BCUT2D eigenvalue weighted by Crippen LogP contribution is -2.43. The molecule has 0 radical (unpaired) electrons. The zero-order valence-corrected chi connectivity index (χ0v) is 9.93. The van der Waals surface area contributed by atoms with E-state index in [4.69, 9.17) is 10.8 Å². The molecule has 4 N–H and O–H groups in total. The quantitative estimate of drug-likeness (QED) is 0.727. The number of nitrogens with two attached hydrogens (primary N) is 1. The van der Waals surface area contributed by atoms with E-state index < -0.39 is 17.9 Å². The molecule has 0 aromatic heterocycles. The number of carbonyl (C=O) groups excluding carboxylic acids is 1. The SMILES string of the molecule is NC(CC(=O)O)C(=O)NC1CCc2ccccc21. The summed E-state index contributed by atoms with van der Waals surface area (Å²) in [4.78, 5) is 22.2. The first kappa shape index (κ1) is 12.6. The fourth-order valence-electron chi connectivity index (χ4n) is 2.27. The van der Waals surface area contributed by atoms with Gasteiger partial charge in [0, 0.05) is 0 Å². The predicted octanol–water partition coefficient (Wildman–Crippen LogP) is 0.592. The second kappa shape index (κ2) is 5.18. The van der Waals surface area contributed by atoms with Gasteiger partial charge in [-0.15, -0.1) is 0 Å². The number of aliphatic carboxylic acids is 1. The monoisotopic (exact) mass is 248 g/mol. The second-order valence-electron chi connectivity index (χ2n) is 4.50. The van der Waals surface area contributed by atoms with Crippen LogP contribution < -0.4 is 11.1 Å². The largest absolute Gasteiger partial charge is 0.481 e. The molecule has 1 amide bonds. The van der Waals surface area contributed by atoms with Crippen molar-refractivity contribution in [1.82, 2.24) is 5.32 Å². The van der Waals surface area contributed by atoms with Crippen LogP contribution in [0.2, 0.25) is 0 Å². The number of hydrogen-bond donors (Lipinski definition) is 3. The Bertz CT molecular complexity index is 473. The van der Waals surface area contributed by atoms with Crippen molar-refractivity contribution in [2.75, 3.05) is 0 Å². The number of aryl methyl sites for hydroxylation is 1. The van der Waals surface area contributed by atoms with Crippen LogP contribution in [0, 0.1) is 0 Å². The molecule has 0 fully saturated rings. The molecule has 1 aliphatic carbocycles. The van der Waals surface area contributed by atoms with Crippen LogP contribution in [0.4, 0.5) is 0 Å². The molecule has 5 nitrogen and oxygen atoms in total. The highest BCUT2D eigenvalue weighted by Crippen LogP contribution is 2.30. The van der Waals surface area contributed by atoms with Gasteiger partial charge in [-0.05, 0) is 24.0 Å². The minimum atomic E-state index is -1.07. The van der Waals surface area contributed by atoms with Gasteiger partial charge in [-0.2, -0.15) is 0 Å². The maximum atomic E-state index is 11.7. The molecule has 0 aliphatic heterocycles. The first-order chi connectivity index (χ1) is 8.58. The molecule has 5 heteroatoms. The minimum absolute atomic E-state index is 0.0476. The van der Waals surface area contributed by atoms with Crippen LogP contribution in [-0.2, 0) is 16.0 Å². The van der Waals surface area contributed by atoms with Crippen molar-refractivity contribution in [2.24, 2.45) is 5.73 Å². The standard InChI is InChI=1S/C13H16N2O3/c14-10(7-12(16)17)13(18)15-11-6-5-8-3-1-2-4-9(8)11/h1-4,10-11H,5-7,14H2,(H,15,18)(H,16,17). The van der Waals surface area contributed by atoms with E-state index in [2.05, 4.69) is 5.32 Å². The van der Waals surface area contributed by atoms with Crippen LogP contribution in [0.15, 0.2) is 24.3 Å². The Balaban J connectivity index is 1.99. The average molecular weight is 248 g/mol. The van der Waals surface area contributed by atoms with Crippen LogP contribution in [-0.4, -0.2) is 23.0 Å². The van der Waals surface area contributed by atoms with E-state index in [1.807, 2.05) is 24.3 Å². The van der Waals surface area contributed by atoms with Gasteiger partial charge in [0.05, 0.1) is 18.5 Å². The highest BCUT2D eigenvalue weighted by atomic mass is 16.4. The van der Waals surface area contributed by atoms with Crippen LogP contribution in [0.25, 0.3) is 0 Å². The molecule has 96 valence electrons. The summed E-state index contributed by atoms with van der Waals surface area (Å²) in [5.74, 6) is -1.47. The number of carbonyl (C=O) groups is 2. The third-order valence-electron chi connectivity index (χ3n) is 3.18. The van der Waals surface area contributed by atoms with Crippen LogP contribution in [0.5, 0.6) is 0 Å². The van der Waals surface area contributed by atoms with E-state index in [0.29, 0.717) is 0 Å². The van der Waals surface area contributed by atoms with Crippen LogP contribution >= 0.6 is 0 Å². The lowest BCUT2D eigenvalue weighted by molar-refractivity contribution is -0.139. The van der Waals surface area contributed by atoms with Gasteiger partial charge >= 0.3 is 5.97 Å². The van der Waals surface area contributed by atoms with Crippen molar-refractivity contribution in [2.45, 2.75) is 31.3 Å². The first-order valence-electron chi connectivity index (χ1n) is 5.93. The van der Waals surface area contributed by atoms with Crippen LogP contribution in [0.1, 0.15) is 30.0 Å². The predicted molar refractivity (Wildman–Crippen MR) is 65.9 cm³/mol. The van der Waals surface area contributed by atoms with Crippen molar-refractivity contribution in [3.05, 3.63) is 35.4 Å². The number of benzene rings is 1. The Labute approximate surface area is 105 Å². The summed E-state index contributed by atoms with van der Waals surface area (Å²) >= 11 is 0. The van der Waals surface area contributed by atoms with Crippen molar-refractivity contribution >= 4 is 11.9 Å². The normalized spacial score (nSPS) is 19.1. The van der Waals surface area contributed by atoms with E-state index >= 15 is 0 Å². The molecule has 2 atom stereocenters. The van der Waals surface area contributed by atoms with Gasteiger partial charge in [0.2, 0.25) is 5.91 Å². The lowest BCUT2D eigenvalue weighted by Gasteiger charge is -2.16. The summed E-state index contributed by atoms with van der Waals surface area (Å²) in [6.45, 7) is 0. The van der Waals surface area contributed by atoms with E-state index in [0.717, 1.165) is 18.4 Å². The first-order valence-corrected chi connectivity index (χ1v) is 5.93. The Morgan fingerprint density at radius 2 is 2.17 bits per heavy atom. The number of nitrogens with one attached hydrogen (secondary N) is 1. The van der Waals surface area contributed by atoms with E-state index in [1.54, 1.807) is 0 Å². The Morgan fingerprint density at radius 3 is 2.89 bits per heavy atom. The number of carboxylic acids is 1. The van der Waals surface area contributed by atoms with Crippen molar-refractivity contribution in [3.63, 3.8) is 0 Å². The topological polar surface area (TPSA) is 92.4 Å². The van der Waals surface area contributed by atoms with E-state index in [9.17, 15) is 9.59 Å². The molecule has 0 bridgehead atoms. The van der Waals surface area contributed by atoms with Crippen molar-refractivity contribution in [1.29, 1.82) is 0 Å². The lowest BCUT2D eigenvalue weighted by atomic mass is 10.1. The second-order valence-corrected chi connectivity index (χ2v) is 4.50. The van der Waals surface area contributed by atoms with Gasteiger partial charge in [0.25, 0.3) is 0 Å². The molecular weight excluding hydrogens is 232 g/mol. The average Bonchev–Trinajstić information content (AvgIpc) is 2.72. The molecule has 0 saturated heterocycles. The maximum Gasteiger partial charge on any atom is 0.305 e. The van der Waals surface area contributed by atoms with Crippen molar-refractivity contribution < 1.29 is 14.7 Å². The number of rotatable bonds is 4. The van der Waals surface area contributed by atoms with Gasteiger partial charge in [-0.3, -0.25) is 9.59 Å². The molecule has 2 rings (SSSR count). The fourth-order valence-corrected chi connectivity index (χ4v) is 2.27. The van der Waals surface area contributed by atoms with Gasteiger partial charge in [-0.25, -0.2) is 0 Å². The maximum absolute atomic E-state index is 11.7. The molecule has 0 spiro atoms. The van der Waals surface area contributed by atoms with Crippen LogP contribution in [0.3, 0.4) is 0 Å². The summed E-state index contributed by atoms with van der Waals surface area (Å²) in [5, 5.41) is 11.4. The Kier molecular flexibility index (Phi) is 3.62. The summed E-state index contributed by atoms with van der Waals surface area (Å²) in [6.07, 6.45) is 1.42. The molecule has 0 saturated carbocycles. The number of amides is 1. The van der Waals surface area contributed by atoms with Crippen molar-refractivity contribution in [3.8, 4) is 0 Å². The van der Waals surface area contributed by atoms with Gasteiger partial charge < -0.3 is 16.2 Å². The number of hydrogen-bond acceptors (Lipinski definition) is 3. The molecule has 0 heterocycles. The molecular formula is C13H16N2O3. The molecule has 18 heavy (non-hydrogen) atoms. The van der Waals surface area contributed by atoms with E-state index in [-0.39, 0.29) is 12.5 Å². The van der Waals surface area contributed by atoms with Gasteiger partial charge in [0.1, 0.15) is 0 Å². The number of fused-ring (bicyclic) bond motifs is 1. The summed E-state index contributed by atoms with van der Waals surface area (Å²) in [7, 11) is 0. The molecule has 1 aromatic carbocycles. The summed E-state index contributed by atoms with van der Waals surface area (Å²) < 4.78 is 0. The molecule has 2 unspecified atom stereocenters.